The summed E-state index contributed by atoms with van der Waals surface area (Å²) in [5, 5.41) is 0.385. The normalized spacial score (nSPS) is 11.4. The SMILES string of the molecule is CN(c1ccccc1F)S(=O)(=O)c1cc(Cl)cc(Cl)c1. The molecule has 0 aliphatic carbocycles. The lowest BCUT2D eigenvalue weighted by Gasteiger charge is -2.20. The smallest absolute Gasteiger partial charge is 0.264 e. The fourth-order valence-corrected chi connectivity index (χ4v) is 3.60. The zero-order valence-electron chi connectivity index (χ0n) is 10.3. The molecule has 0 aliphatic heterocycles. The first-order valence-electron chi connectivity index (χ1n) is 5.52. The van der Waals surface area contributed by atoms with E-state index in [9.17, 15) is 12.8 Å². The van der Waals surface area contributed by atoms with Crippen LogP contribution in [0.4, 0.5) is 10.1 Å². The van der Waals surface area contributed by atoms with Crippen LogP contribution in [0.1, 0.15) is 0 Å². The van der Waals surface area contributed by atoms with Crippen molar-refractivity contribution in [3.8, 4) is 0 Å². The number of para-hydroxylation sites is 1. The lowest BCUT2D eigenvalue weighted by Crippen LogP contribution is -2.27. The van der Waals surface area contributed by atoms with E-state index in [1.165, 1.54) is 43.4 Å². The molecule has 0 amide bonds. The molecule has 3 nitrogen and oxygen atoms in total. The summed E-state index contributed by atoms with van der Waals surface area (Å²) in [5.74, 6) is -0.633. The highest BCUT2D eigenvalue weighted by molar-refractivity contribution is 7.92. The lowest BCUT2D eigenvalue weighted by molar-refractivity contribution is 0.589. The van der Waals surface area contributed by atoms with Crippen molar-refractivity contribution >= 4 is 38.9 Å². The third-order valence-corrected chi connectivity index (χ3v) is 4.87. The highest BCUT2D eigenvalue weighted by Crippen LogP contribution is 2.28. The molecule has 2 rings (SSSR count). The van der Waals surface area contributed by atoms with Gasteiger partial charge >= 0.3 is 0 Å². The van der Waals surface area contributed by atoms with Crippen molar-refractivity contribution in [2.75, 3.05) is 11.4 Å². The minimum absolute atomic E-state index is 0.0522. The zero-order valence-corrected chi connectivity index (χ0v) is 12.7. The Labute approximate surface area is 126 Å². The largest absolute Gasteiger partial charge is 0.266 e. The van der Waals surface area contributed by atoms with Crippen LogP contribution in [0, 0.1) is 5.82 Å². The molecule has 2 aromatic rings. The van der Waals surface area contributed by atoms with Crippen LogP contribution in [-0.4, -0.2) is 15.5 Å². The third kappa shape index (κ3) is 2.90. The fourth-order valence-electron chi connectivity index (χ4n) is 1.67. The van der Waals surface area contributed by atoms with Crippen molar-refractivity contribution in [2.45, 2.75) is 4.90 Å². The first-order valence-corrected chi connectivity index (χ1v) is 7.71. The summed E-state index contributed by atoms with van der Waals surface area (Å²) in [7, 11) is -2.67. The van der Waals surface area contributed by atoms with Gasteiger partial charge in [-0.05, 0) is 30.3 Å². The Morgan fingerprint density at radius 3 is 2.15 bits per heavy atom. The molecule has 0 bridgehead atoms. The van der Waals surface area contributed by atoms with E-state index < -0.39 is 15.8 Å². The first-order chi connectivity index (χ1) is 9.32. The summed E-state index contributed by atoms with van der Waals surface area (Å²) < 4.78 is 39.4. The topological polar surface area (TPSA) is 37.4 Å². The summed E-state index contributed by atoms with van der Waals surface area (Å²) in [5.41, 5.74) is -0.0522. The molecule has 0 atom stereocenters. The van der Waals surface area contributed by atoms with Crippen LogP contribution in [0.2, 0.25) is 10.0 Å². The van der Waals surface area contributed by atoms with Gasteiger partial charge in [-0.25, -0.2) is 12.8 Å². The van der Waals surface area contributed by atoms with E-state index in [4.69, 9.17) is 23.2 Å². The molecule has 0 saturated heterocycles. The van der Waals surface area contributed by atoms with E-state index in [1.54, 1.807) is 6.07 Å². The molecule has 0 heterocycles. The molecule has 0 aliphatic rings. The fraction of sp³-hybridized carbons (Fsp3) is 0.0769. The Hall–Kier alpha value is -1.30. The second kappa shape index (κ2) is 5.60. The van der Waals surface area contributed by atoms with Crippen molar-refractivity contribution in [1.29, 1.82) is 0 Å². The third-order valence-electron chi connectivity index (χ3n) is 2.69. The number of nitrogens with zero attached hydrogens (tertiary/aromatic N) is 1. The predicted molar refractivity (Wildman–Crippen MR) is 78.5 cm³/mol. The Kier molecular flexibility index (Phi) is 4.22. The number of benzene rings is 2. The van der Waals surface area contributed by atoms with Gasteiger partial charge in [0.1, 0.15) is 5.82 Å². The molecule has 0 saturated carbocycles. The van der Waals surface area contributed by atoms with Crippen molar-refractivity contribution in [3.05, 3.63) is 58.3 Å². The van der Waals surface area contributed by atoms with E-state index in [0.29, 0.717) is 0 Å². The Morgan fingerprint density at radius 1 is 1.05 bits per heavy atom. The van der Waals surface area contributed by atoms with Gasteiger partial charge in [0, 0.05) is 17.1 Å². The maximum Gasteiger partial charge on any atom is 0.264 e. The molecular formula is C13H10Cl2FNO2S. The number of anilines is 1. The summed E-state index contributed by atoms with van der Waals surface area (Å²) >= 11 is 11.6. The predicted octanol–water partition coefficient (Wildman–Crippen LogP) is 3.96. The van der Waals surface area contributed by atoms with E-state index in [0.717, 1.165) is 4.31 Å². The number of rotatable bonds is 3. The van der Waals surface area contributed by atoms with Crippen molar-refractivity contribution in [1.82, 2.24) is 0 Å². The Bertz CT molecular complexity index is 730. The van der Waals surface area contributed by atoms with Crippen LogP contribution >= 0.6 is 23.2 Å². The monoisotopic (exact) mass is 333 g/mol. The molecule has 0 unspecified atom stereocenters. The molecule has 0 spiro atoms. The molecule has 106 valence electrons. The van der Waals surface area contributed by atoms with Crippen LogP contribution in [0.3, 0.4) is 0 Å². The highest BCUT2D eigenvalue weighted by atomic mass is 35.5. The Balaban J connectivity index is 2.52. The van der Waals surface area contributed by atoms with Gasteiger partial charge in [-0.3, -0.25) is 4.31 Å². The van der Waals surface area contributed by atoms with Gasteiger partial charge in [0.2, 0.25) is 0 Å². The number of halogens is 3. The zero-order chi connectivity index (χ0) is 14.9. The number of hydrogen-bond donors (Lipinski definition) is 0. The standard InChI is InChI=1S/C13H10Cl2FNO2S/c1-17(13-5-3-2-4-12(13)16)20(18,19)11-7-9(14)6-10(15)8-11/h2-8H,1H3. The molecule has 0 fully saturated rings. The van der Waals surface area contributed by atoms with Crippen LogP contribution in [0.25, 0.3) is 0 Å². The van der Waals surface area contributed by atoms with E-state index in [-0.39, 0.29) is 20.6 Å². The number of hydrogen-bond acceptors (Lipinski definition) is 2. The van der Waals surface area contributed by atoms with Gasteiger partial charge in [0.15, 0.2) is 0 Å². The molecule has 20 heavy (non-hydrogen) atoms. The second-order valence-electron chi connectivity index (χ2n) is 4.03. The molecule has 0 aromatic heterocycles. The average molecular weight is 334 g/mol. The van der Waals surface area contributed by atoms with Crippen LogP contribution in [0.15, 0.2) is 47.4 Å². The quantitative estimate of drug-likeness (QED) is 0.852. The minimum Gasteiger partial charge on any atom is -0.266 e. The second-order valence-corrected chi connectivity index (χ2v) is 6.87. The summed E-state index contributed by atoms with van der Waals surface area (Å²) in [4.78, 5) is -0.0965. The van der Waals surface area contributed by atoms with Crippen molar-refractivity contribution < 1.29 is 12.8 Å². The van der Waals surface area contributed by atoms with Gasteiger partial charge in [-0.15, -0.1) is 0 Å². The maximum absolute atomic E-state index is 13.7. The Morgan fingerprint density at radius 2 is 1.60 bits per heavy atom. The maximum atomic E-state index is 13.7. The van der Waals surface area contributed by atoms with Gasteiger partial charge in [-0.1, -0.05) is 35.3 Å². The molecule has 7 heteroatoms. The minimum atomic E-state index is -3.94. The summed E-state index contributed by atoms with van der Waals surface area (Å²) in [6.45, 7) is 0. The van der Waals surface area contributed by atoms with E-state index >= 15 is 0 Å². The average Bonchev–Trinajstić information content (AvgIpc) is 2.37. The van der Waals surface area contributed by atoms with Gasteiger partial charge < -0.3 is 0 Å². The lowest BCUT2D eigenvalue weighted by atomic mass is 10.3. The van der Waals surface area contributed by atoms with Gasteiger partial charge in [0.25, 0.3) is 10.0 Å². The van der Waals surface area contributed by atoms with Crippen molar-refractivity contribution in [3.63, 3.8) is 0 Å². The first kappa shape index (κ1) is 15.1. The van der Waals surface area contributed by atoms with E-state index in [1.807, 2.05) is 0 Å². The summed E-state index contributed by atoms with van der Waals surface area (Å²) in [6.07, 6.45) is 0. The van der Waals surface area contributed by atoms with Crippen LogP contribution in [0.5, 0.6) is 0 Å². The van der Waals surface area contributed by atoms with Gasteiger partial charge in [-0.2, -0.15) is 0 Å². The molecular weight excluding hydrogens is 324 g/mol. The van der Waals surface area contributed by atoms with Crippen molar-refractivity contribution in [2.24, 2.45) is 0 Å². The van der Waals surface area contributed by atoms with Crippen LogP contribution < -0.4 is 4.31 Å². The summed E-state index contributed by atoms with van der Waals surface area (Å²) in [6, 6.07) is 9.54. The molecule has 0 N–H and O–H groups in total. The molecule has 0 radical (unpaired) electrons. The van der Waals surface area contributed by atoms with Gasteiger partial charge in [0.05, 0.1) is 10.6 Å². The van der Waals surface area contributed by atoms with E-state index in [2.05, 4.69) is 0 Å². The number of sulfonamides is 1. The van der Waals surface area contributed by atoms with Crippen LogP contribution in [-0.2, 0) is 10.0 Å². The molecule has 2 aromatic carbocycles. The highest BCUT2D eigenvalue weighted by Gasteiger charge is 2.24.